The zero-order chi connectivity index (χ0) is 24.5. The number of benzene rings is 2. The van der Waals surface area contributed by atoms with Crippen LogP contribution in [-0.4, -0.2) is 61.5 Å². The van der Waals surface area contributed by atoms with Gasteiger partial charge in [0.2, 0.25) is 0 Å². The van der Waals surface area contributed by atoms with Crippen LogP contribution in [0.5, 0.6) is 5.75 Å². The number of nitrogens with one attached hydrogen (secondary N) is 1. The van der Waals surface area contributed by atoms with Crippen LogP contribution in [0.3, 0.4) is 0 Å². The predicted octanol–water partition coefficient (Wildman–Crippen LogP) is 2.73. The van der Waals surface area contributed by atoms with E-state index in [0.29, 0.717) is 43.9 Å². The summed E-state index contributed by atoms with van der Waals surface area (Å²) in [6.07, 6.45) is 0.948. The van der Waals surface area contributed by atoms with Gasteiger partial charge in [0.05, 0.1) is 19.8 Å². The lowest BCUT2D eigenvalue weighted by Crippen LogP contribution is -2.41. The highest BCUT2D eigenvalue weighted by Gasteiger charge is 2.32. The molecule has 9 heteroatoms. The first-order chi connectivity index (χ1) is 16.9. The summed E-state index contributed by atoms with van der Waals surface area (Å²) in [4.78, 5) is 18.7. The number of tetrazole rings is 1. The van der Waals surface area contributed by atoms with Crippen molar-refractivity contribution in [2.45, 2.75) is 45.4 Å². The Morgan fingerprint density at radius 3 is 2.54 bits per heavy atom. The van der Waals surface area contributed by atoms with E-state index in [1.165, 1.54) is 0 Å². The molecule has 0 saturated carbocycles. The third-order valence-corrected chi connectivity index (χ3v) is 6.94. The van der Waals surface area contributed by atoms with Gasteiger partial charge in [0.15, 0.2) is 5.82 Å². The molecule has 1 fully saturated rings. The zero-order valence-electron chi connectivity index (χ0n) is 20.2. The number of H-pyrrole nitrogens is 1. The molecule has 0 radical (unpaired) electrons. The summed E-state index contributed by atoms with van der Waals surface area (Å²) < 4.78 is 7.02. The van der Waals surface area contributed by atoms with Crippen molar-refractivity contribution < 1.29 is 9.84 Å². The highest BCUT2D eigenvalue weighted by Crippen LogP contribution is 2.30. The molecule has 1 aliphatic heterocycles. The number of pyridine rings is 1. The largest absolute Gasteiger partial charge is 0.497 e. The molecule has 0 aliphatic carbocycles. The van der Waals surface area contributed by atoms with Gasteiger partial charge in [-0.05, 0) is 89.5 Å². The van der Waals surface area contributed by atoms with Crippen molar-refractivity contribution in [3.63, 3.8) is 0 Å². The van der Waals surface area contributed by atoms with Crippen molar-refractivity contribution in [3.8, 4) is 5.75 Å². The fourth-order valence-corrected chi connectivity index (χ4v) is 4.76. The van der Waals surface area contributed by atoms with Crippen molar-refractivity contribution >= 4 is 10.9 Å². The van der Waals surface area contributed by atoms with E-state index in [4.69, 9.17) is 4.74 Å². The number of methoxy groups -OCH3 is 1. The van der Waals surface area contributed by atoms with Crippen molar-refractivity contribution in [1.29, 1.82) is 0 Å². The Morgan fingerprint density at radius 2 is 1.83 bits per heavy atom. The van der Waals surface area contributed by atoms with E-state index in [0.717, 1.165) is 33.3 Å². The Morgan fingerprint density at radius 1 is 1.11 bits per heavy atom. The highest BCUT2D eigenvalue weighted by atomic mass is 16.5. The van der Waals surface area contributed by atoms with E-state index >= 15 is 0 Å². The van der Waals surface area contributed by atoms with E-state index < -0.39 is 6.04 Å². The molecule has 5 rings (SSSR count). The topological polar surface area (TPSA) is 109 Å². The highest BCUT2D eigenvalue weighted by molar-refractivity contribution is 5.81. The fraction of sp³-hybridized carbons (Fsp3) is 0.385. The smallest absolute Gasteiger partial charge is 0.253 e. The number of aryl methyl sites for hydroxylation is 2. The zero-order valence-corrected chi connectivity index (χ0v) is 20.2. The molecule has 9 nitrogen and oxygen atoms in total. The molecular formula is C26H30N6O3. The number of aromatic nitrogens is 5. The summed E-state index contributed by atoms with van der Waals surface area (Å²) in [5.41, 5.74) is 4.57. The van der Waals surface area contributed by atoms with Crippen LogP contribution in [0.15, 0.2) is 47.3 Å². The molecule has 2 aromatic carbocycles. The molecule has 1 saturated heterocycles. The van der Waals surface area contributed by atoms with Crippen LogP contribution in [-0.2, 0) is 6.54 Å². The van der Waals surface area contributed by atoms with Gasteiger partial charge in [0.25, 0.3) is 5.56 Å². The van der Waals surface area contributed by atoms with Crippen LogP contribution in [0.4, 0.5) is 0 Å². The van der Waals surface area contributed by atoms with Crippen molar-refractivity contribution in [2.75, 3.05) is 20.2 Å². The molecule has 4 aromatic rings. The first kappa shape index (κ1) is 23.2. The van der Waals surface area contributed by atoms with E-state index in [1.54, 1.807) is 11.8 Å². The Kier molecular flexibility index (Phi) is 6.36. The van der Waals surface area contributed by atoms with Gasteiger partial charge in [-0.2, -0.15) is 0 Å². The molecule has 1 aliphatic rings. The molecule has 2 N–H and O–H groups in total. The Labute approximate surface area is 203 Å². The lowest BCUT2D eigenvalue weighted by atomic mass is 9.98. The minimum Gasteiger partial charge on any atom is -0.497 e. The summed E-state index contributed by atoms with van der Waals surface area (Å²) in [6.45, 7) is 5.86. The number of aromatic amines is 1. The molecule has 2 aromatic heterocycles. The first-order valence-corrected chi connectivity index (χ1v) is 11.9. The van der Waals surface area contributed by atoms with Crippen molar-refractivity contribution in [1.82, 2.24) is 30.1 Å². The van der Waals surface area contributed by atoms with Gasteiger partial charge in [0, 0.05) is 24.2 Å². The van der Waals surface area contributed by atoms with Crippen LogP contribution in [0.2, 0.25) is 0 Å². The van der Waals surface area contributed by atoms with Gasteiger partial charge in [-0.1, -0.05) is 12.1 Å². The number of piperidine rings is 1. The second kappa shape index (κ2) is 9.59. The quantitative estimate of drug-likeness (QED) is 0.442. The predicted molar refractivity (Wildman–Crippen MR) is 133 cm³/mol. The normalized spacial score (nSPS) is 16.0. The van der Waals surface area contributed by atoms with Crippen LogP contribution in [0.1, 0.15) is 47.0 Å². The summed E-state index contributed by atoms with van der Waals surface area (Å²) in [5, 5.41) is 23.7. The van der Waals surface area contributed by atoms with Gasteiger partial charge in [0.1, 0.15) is 11.8 Å². The number of nitrogens with zero attached hydrogens (tertiary/aromatic N) is 5. The van der Waals surface area contributed by atoms with Crippen molar-refractivity contribution in [3.05, 3.63) is 80.9 Å². The third-order valence-electron chi connectivity index (χ3n) is 6.94. The summed E-state index contributed by atoms with van der Waals surface area (Å²) >= 11 is 0. The molecule has 0 spiro atoms. The maximum Gasteiger partial charge on any atom is 0.253 e. The van der Waals surface area contributed by atoms with E-state index in [-0.39, 0.29) is 11.7 Å². The number of rotatable bonds is 6. The average Bonchev–Trinajstić information content (AvgIpc) is 3.30. The standard InChI is InChI=1S/C26H30N6O3/c1-16-12-19-14-22(26(34)27-23(19)13-17(16)2)24(31-10-8-20(33)9-11-31)25-28-29-30-32(25)15-18-4-6-21(35-3)7-5-18/h4-7,12-14,20,24,33H,8-11,15H2,1-3H3,(H,27,34)/t24-/m0/s1. The number of aliphatic hydroxyl groups is 1. The molecular weight excluding hydrogens is 444 g/mol. The monoisotopic (exact) mass is 474 g/mol. The van der Waals surface area contributed by atoms with Crippen LogP contribution in [0.25, 0.3) is 10.9 Å². The van der Waals surface area contributed by atoms with Gasteiger partial charge in [-0.3, -0.25) is 9.69 Å². The third kappa shape index (κ3) is 4.69. The minimum absolute atomic E-state index is 0.157. The molecule has 1 atom stereocenters. The first-order valence-electron chi connectivity index (χ1n) is 11.9. The number of fused-ring (bicyclic) bond motifs is 1. The van der Waals surface area contributed by atoms with Gasteiger partial charge < -0.3 is 14.8 Å². The summed E-state index contributed by atoms with van der Waals surface area (Å²) in [6, 6.07) is 13.4. The average molecular weight is 475 g/mol. The molecule has 0 bridgehead atoms. The number of ether oxygens (including phenoxy) is 1. The lowest BCUT2D eigenvalue weighted by molar-refractivity contribution is 0.0659. The SMILES string of the molecule is COc1ccc(Cn2nnnc2[C@H](c2cc3cc(C)c(C)cc3[nH]c2=O)N2CCC(O)CC2)cc1. The van der Waals surface area contributed by atoms with Gasteiger partial charge >= 0.3 is 0 Å². The summed E-state index contributed by atoms with van der Waals surface area (Å²) in [7, 11) is 1.64. The molecule has 3 heterocycles. The molecule has 0 amide bonds. The minimum atomic E-state index is -0.439. The van der Waals surface area contributed by atoms with Gasteiger partial charge in [-0.15, -0.1) is 5.10 Å². The maximum atomic E-state index is 13.4. The molecule has 182 valence electrons. The van der Waals surface area contributed by atoms with Crippen LogP contribution in [0, 0.1) is 13.8 Å². The lowest BCUT2D eigenvalue weighted by Gasteiger charge is -2.35. The Bertz CT molecular complexity index is 1390. The van der Waals surface area contributed by atoms with E-state index in [2.05, 4.69) is 38.4 Å². The van der Waals surface area contributed by atoms with Gasteiger partial charge in [-0.25, -0.2) is 4.68 Å². The second-order valence-corrected chi connectivity index (χ2v) is 9.29. The van der Waals surface area contributed by atoms with Crippen LogP contribution < -0.4 is 10.3 Å². The number of hydrogen-bond acceptors (Lipinski definition) is 7. The van der Waals surface area contributed by atoms with Crippen LogP contribution >= 0.6 is 0 Å². The Balaban J connectivity index is 1.59. The van der Waals surface area contributed by atoms with Crippen molar-refractivity contribution in [2.24, 2.45) is 0 Å². The summed E-state index contributed by atoms with van der Waals surface area (Å²) in [5.74, 6) is 1.38. The number of hydrogen-bond donors (Lipinski definition) is 2. The van der Waals surface area contributed by atoms with E-state index in [1.807, 2.05) is 43.3 Å². The number of likely N-dealkylation sites (tertiary alicyclic amines) is 1. The van der Waals surface area contributed by atoms with E-state index in [9.17, 15) is 9.90 Å². The number of aliphatic hydroxyl groups excluding tert-OH is 1. The second-order valence-electron chi connectivity index (χ2n) is 9.29. The Hall–Kier alpha value is -3.56. The maximum absolute atomic E-state index is 13.4. The fourth-order valence-electron chi connectivity index (χ4n) is 4.76. The molecule has 0 unspecified atom stereocenters. The molecule has 35 heavy (non-hydrogen) atoms.